The zero-order valence-corrected chi connectivity index (χ0v) is 23.7. The third-order valence-corrected chi connectivity index (χ3v) is 8.78. The molecule has 0 bridgehead atoms. The molecule has 6 nitrogen and oxygen atoms in total. The lowest BCUT2D eigenvalue weighted by molar-refractivity contribution is -0.134. The van der Waals surface area contributed by atoms with Crippen LogP contribution < -0.4 is 10.8 Å². The maximum Gasteiger partial charge on any atom is 0.246 e. The molecule has 2 aliphatic carbocycles. The van der Waals surface area contributed by atoms with Crippen LogP contribution in [0.4, 0.5) is 0 Å². The minimum absolute atomic E-state index is 0. The van der Waals surface area contributed by atoms with Crippen LogP contribution in [0.3, 0.4) is 0 Å². The second kappa shape index (κ2) is 13.5. The Bertz CT molecular complexity index is 1260. The van der Waals surface area contributed by atoms with Gasteiger partial charge in [0.05, 0.1) is 0 Å². The second-order valence-corrected chi connectivity index (χ2v) is 11.5. The first-order valence-electron chi connectivity index (χ1n) is 14.4. The van der Waals surface area contributed by atoms with Crippen molar-refractivity contribution < 1.29 is 14.8 Å². The Balaban J connectivity index is 0.00000353. The Kier molecular flexibility index (Phi) is 10.1. The van der Waals surface area contributed by atoms with Crippen LogP contribution in [0.25, 0.3) is 10.9 Å². The molecule has 0 saturated heterocycles. The molecule has 210 valence electrons. The van der Waals surface area contributed by atoms with Crippen LogP contribution in [0.5, 0.6) is 0 Å². The van der Waals surface area contributed by atoms with Gasteiger partial charge in [0.1, 0.15) is 0 Å². The number of nitrogens with one attached hydrogen (secondary N) is 2. The topological polar surface area (TPSA) is 83.4 Å². The predicted octanol–water partition coefficient (Wildman–Crippen LogP) is 6.65. The van der Waals surface area contributed by atoms with Gasteiger partial charge in [0.15, 0.2) is 0 Å². The van der Waals surface area contributed by atoms with E-state index in [9.17, 15) is 9.59 Å². The molecule has 5 rings (SSSR count). The molecule has 2 amide bonds. The summed E-state index contributed by atoms with van der Waals surface area (Å²) in [4.78, 5) is 25.2. The second-order valence-electron chi connectivity index (χ2n) is 11.5. The summed E-state index contributed by atoms with van der Waals surface area (Å²) in [6.45, 7) is 3.14. The fourth-order valence-electron chi connectivity index (χ4n) is 6.71. The molecule has 2 aromatic carbocycles. The molecular formula is C32H42ClN3O3. The number of fused-ring (bicyclic) bond motifs is 1. The number of hydrogen-bond acceptors (Lipinski definition) is 3. The number of hydrogen-bond donors (Lipinski definition) is 3. The molecule has 3 aromatic rings. The van der Waals surface area contributed by atoms with Gasteiger partial charge in [-0.05, 0) is 68.6 Å². The molecule has 0 aliphatic heterocycles. The van der Waals surface area contributed by atoms with Crippen molar-refractivity contribution in [2.75, 3.05) is 0 Å². The van der Waals surface area contributed by atoms with E-state index in [1.54, 1.807) is 5.48 Å². The average Bonchev–Trinajstić information content (AvgIpc) is 3.30. The lowest BCUT2D eigenvalue weighted by Gasteiger charge is -2.28. The summed E-state index contributed by atoms with van der Waals surface area (Å²) in [6.07, 6.45) is 12.2. The fourth-order valence-corrected chi connectivity index (χ4v) is 6.71. The number of carbonyl (C=O) groups is 2. The van der Waals surface area contributed by atoms with Crippen LogP contribution in [0, 0.1) is 18.8 Å². The molecule has 1 unspecified atom stereocenters. The number of nitrogens with zero attached hydrogens (tertiary/aromatic N) is 1. The fraction of sp³-hybridized carbons (Fsp3) is 0.500. The minimum Gasteiger partial charge on any atom is -0.353 e. The van der Waals surface area contributed by atoms with Crippen molar-refractivity contribution in [3.8, 4) is 0 Å². The van der Waals surface area contributed by atoms with Gasteiger partial charge in [-0.3, -0.25) is 14.8 Å². The highest BCUT2D eigenvalue weighted by atomic mass is 35.5. The summed E-state index contributed by atoms with van der Waals surface area (Å²) >= 11 is 0. The third kappa shape index (κ3) is 7.03. The first-order valence-corrected chi connectivity index (χ1v) is 14.4. The summed E-state index contributed by atoms with van der Waals surface area (Å²) in [5.74, 6) is 0.234. The third-order valence-electron chi connectivity index (χ3n) is 8.78. The van der Waals surface area contributed by atoms with Crippen LogP contribution in [0.2, 0.25) is 0 Å². The maximum absolute atomic E-state index is 13.4. The Hall–Kier alpha value is -2.83. The summed E-state index contributed by atoms with van der Waals surface area (Å²) in [5, 5.41) is 13.4. The van der Waals surface area contributed by atoms with Gasteiger partial charge in [-0.2, -0.15) is 0 Å². The number of halogens is 1. The first-order chi connectivity index (χ1) is 18.5. The minimum atomic E-state index is -0.320. The van der Waals surface area contributed by atoms with Gasteiger partial charge in [-0.15, -0.1) is 12.4 Å². The molecule has 3 N–H and O–H groups in total. The predicted molar refractivity (Wildman–Crippen MR) is 157 cm³/mol. The quantitative estimate of drug-likeness (QED) is 0.216. The van der Waals surface area contributed by atoms with Gasteiger partial charge >= 0.3 is 0 Å². The number of aromatic nitrogens is 1. The summed E-state index contributed by atoms with van der Waals surface area (Å²) in [6, 6.07) is 17.3. The molecule has 2 saturated carbocycles. The molecule has 1 atom stereocenters. The molecule has 1 aromatic heterocycles. The van der Waals surface area contributed by atoms with Crippen molar-refractivity contribution in [2.45, 2.75) is 89.6 Å². The Morgan fingerprint density at radius 3 is 2.44 bits per heavy atom. The monoisotopic (exact) mass is 551 g/mol. The first kappa shape index (κ1) is 29.2. The van der Waals surface area contributed by atoms with E-state index in [1.165, 1.54) is 59.7 Å². The lowest BCUT2D eigenvalue weighted by Crippen LogP contribution is -2.40. The van der Waals surface area contributed by atoms with E-state index in [0.29, 0.717) is 19.3 Å². The smallest absolute Gasteiger partial charge is 0.246 e. The van der Waals surface area contributed by atoms with Gasteiger partial charge in [0, 0.05) is 47.9 Å². The highest BCUT2D eigenvalue weighted by molar-refractivity contribution is 5.87. The molecule has 1 heterocycles. The Labute approximate surface area is 237 Å². The van der Waals surface area contributed by atoms with Gasteiger partial charge in [-0.25, -0.2) is 5.48 Å². The number of rotatable bonds is 8. The summed E-state index contributed by atoms with van der Waals surface area (Å²) in [5.41, 5.74) is 6.61. The van der Waals surface area contributed by atoms with Crippen molar-refractivity contribution >= 4 is 35.1 Å². The highest BCUT2D eigenvalue weighted by Gasteiger charge is 2.29. The zero-order valence-electron chi connectivity index (χ0n) is 22.9. The summed E-state index contributed by atoms with van der Waals surface area (Å²) in [7, 11) is 0. The van der Waals surface area contributed by atoms with E-state index in [4.69, 9.17) is 5.21 Å². The van der Waals surface area contributed by atoms with Crippen molar-refractivity contribution in [1.82, 2.24) is 15.4 Å². The van der Waals surface area contributed by atoms with Gasteiger partial charge in [-0.1, -0.05) is 67.3 Å². The molecule has 2 aliphatic rings. The van der Waals surface area contributed by atoms with E-state index >= 15 is 0 Å². The standard InChI is InChI=1S/C32H41N3O3.ClH/c1-22-8-7-11-25(18-22)28(19-31(36)33-26-16-14-24(15-17-26)32(37)34-38)29-21-35(20-23-9-3-2-4-10-23)30-13-6-5-12-27(29)30;/h5-8,11-13,18,21,23-24,26,28,38H,2-4,9-10,14-17,19-20H2,1H3,(H,33,36)(H,34,37);1H. The SMILES string of the molecule is Cc1cccc(C(CC(=O)NC2CCC(C(=O)NO)CC2)c2cn(CC3CCCCC3)c3ccccc23)c1.Cl. The number of para-hydroxylation sites is 1. The number of carbonyl (C=O) groups excluding carboxylic acids is 2. The van der Waals surface area contributed by atoms with Crippen molar-refractivity contribution in [3.63, 3.8) is 0 Å². The van der Waals surface area contributed by atoms with E-state index in [1.807, 2.05) is 0 Å². The molecule has 7 heteroatoms. The highest BCUT2D eigenvalue weighted by Crippen LogP contribution is 2.37. The number of amides is 2. The van der Waals surface area contributed by atoms with Crippen molar-refractivity contribution in [1.29, 1.82) is 0 Å². The van der Waals surface area contributed by atoms with Crippen LogP contribution in [0.1, 0.15) is 86.8 Å². The number of benzene rings is 2. The number of aryl methyl sites for hydroxylation is 1. The van der Waals surface area contributed by atoms with Crippen LogP contribution >= 0.6 is 12.4 Å². The van der Waals surface area contributed by atoms with E-state index < -0.39 is 0 Å². The zero-order chi connectivity index (χ0) is 26.5. The van der Waals surface area contributed by atoms with Crippen molar-refractivity contribution in [3.05, 3.63) is 71.4 Å². The largest absolute Gasteiger partial charge is 0.353 e. The van der Waals surface area contributed by atoms with Crippen LogP contribution in [-0.4, -0.2) is 27.6 Å². The van der Waals surface area contributed by atoms with Gasteiger partial charge in [0.2, 0.25) is 11.8 Å². The Morgan fingerprint density at radius 1 is 0.974 bits per heavy atom. The maximum atomic E-state index is 13.4. The van der Waals surface area contributed by atoms with E-state index in [-0.39, 0.29) is 42.1 Å². The van der Waals surface area contributed by atoms with E-state index in [2.05, 4.69) is 71.5 Å². The van der Waals surface area contributed by atoms with Gasteiger partial charge < -0.3 is 9.88 Å². The number of hydroxylamine groups is 1. The Morgan fingerprint density at radius 2 is 1.72 bits per heavy atom. The molecule has 0 spiro atoms. The van der Waals surface area contributed by atoms with E-state index in [0.717, 1.165) is 25.3 Å². The molecular weight excluding hydrogens is 510 g/mol. The van der Waals surface area contributed by atoms with Crippen LogP contribution in [0.15, 0.2) is 54.7 Å². The van der Waals surface area contributed by atoms with Gasteiger partial charge in [0.25, 0.3) is 0 Å². The molecule has 0 radical (unpaired) electrons. The average molecular weight is 552 g/mol. The summed E-state index contributed by atoms with van der Waals surface area (Å²) < 4.78 is 2.44. The lowest BCUT2D eigenvalue weighted by atomic mass is 9.84. The van der Waals surface area contributed by atoms with Crippen molar-refractivity contribution in [2.24, 2.45) is 11.8 Å². The molecule has 39 heavy (non-hydrogen) atoms. The van der Waals surface area contributed by atoms with Crippen LogP contribution in [-0.2, 0) is 16.1 Å². The molecule has 2 fully saturated rings. The normalized spacial score (nSPS) is 20.7.